The Morgan fingerprint density at radius 1 is 1.29 bits per heavy atom. The molecule has 0 aromatic carbocycles. The smallest absolute Gasteiger partial charge is 0.161 e. The number of hydrogen-bond acceptors (Lipinski definition) is 5. The Balaban J connectivity index is 2.44. The molecule has 1 aromatic heterocycles. The van der Waals surface area contributed by atoms with Crippen LogP contribution in [0, 0.1) is 0 Å². The van der Waals surface area contributed by atoms with Crippen LogP contribution in [0.1, 0.15) is 43.5 Å². The monoisotopic (exact) mass is 308 g/mol. The molecule has 6 heteroatoms. The molecule has 1 saturated heterocycles. The Morgan fingerprint density at radius 3 is 2.48 bits per heavy atom. The van der Waals surface area contributed by atoms with E-state index in [-0.39, 0.29) is 0 Å². The molecule has 1 aliphatic heterocycles. The lowest BCUT2D eigenvalue weighted by molar-refractivity contribution is 0.0853. The van der Waals surface area contributed by atoms with Crippen LogP contribution < -0.4 is 10.6 Å². The lowest BCUT2D eigenvalue weighted by Gasteiger charge is -2.33. The molecule has 0 unspecified atom stereocenters. The van der Waals surface area contributed by atoms with Crippen molar-refractivity contribution >= 4 is 23.0 Å². The molecule has 21 heavy (non-hydrogen) atoms. The lowest BCUT2D eigenvalue weighted by Crippen LogP contribution is -2.39. The zero-order chi connectivity index (χ0) is 15.4. The quantitative estimate of drug-likeness (QED) is 0.838. The topological polar surface area (TPSA) is 64.3 Å². The van der Waals surface area contributed by atoms with Gasteiger partial charge in [0, 0.05) is 26.3 Å². The molecular formula is C15H24N4OS. The van der Waals surface area contributed by atoms with Gasteiger partial charge in [0.15, 0.2) is 5.82 Å². The summed E-state index contributed by atoms with van der Waals surface area (Å²) < 4.78 is 5.43. The number of ether oxygens (including phenoxy) is 1. The van der Waals surface area contributed by atoms with E-state index in [0.29, 0.717) is 11.0 Å². The van der Waals surface area contributed by atoms with Crippen molar-refractivity contribution in [2.45, 2.75) is 45.6 Å². The zero-order valence-electron chi connectivity index (χ0n) is 13.1. The van der Waals surface area contributed by atoms with Crippen LogP contribution >= 0.6 is 12.2 Å². The van der Waals surface area contributed by atoms with E-state index in [1.807, 2.05) is 7.05 Å². The third kappa shape index (κ3) is 3.32. The maximum atomic E-state index is 5.99. The Kier molecular flexibility index (Phi) is 5.47. The van der Waals surface area contributed by atoms with Gasteiger partial charge in [-0.05, 0) is 31.2 Å². The predicted molar refractivity (Wildman–Crippen MR) is 88.9 cm³/mol. The molecule has 5 nitrogen and oxygen atoms in total. The minimum absolute atomic E-state index is 0.401. The summed E-state index contributed by atoms with van der Waals surface area (Å²) >= 11 is 5.29. The number of nitrogens with two attached hydrogens (primary N) is 1. The van der Waals surface area contributed by atoms with Gasteiger partial charge in [0.25, 0.3) is 0 Å². The van der Waals surface area contributed by atoms with Crippen molar-refractivity contribution in [3.63, 3.8) is 0 Å². The fraction of sp³-hybridized carbons (Fsp3) is 0.667. The minimum atomic E-state index is 0.401. The first-order valence-corrected chi connectivity index (χ1v) is 7.99. The summed E-state index contributed by atoms with van der Waals surface area (Å²) in [6.45, 7) is 5.77. The second-order valence-corrected chi connectivity index (χ2v) is 5.79. The van der Waals surface area contributed by atoms with E-state index in [1.54, 1.807) is 0 Å². The Labute approximate surface area is 131 Å². The summed E-state index contributed by atoms with van der Waals surface area (Å²) in [5.74, 6) is 0.809. The number of hydrogen-bond donors (Lipinski definition) is 1. The summed E-state index contributed by atoms with van der Waals surface area (Å²) in [6.07, 6.45) is 3.69. The molecule has 2 N–H and O–H groups in total. The Bertz CT molecular complexity index is 515. The molecule has 2 rings (SSSR count). The van der Waals surface area contributed by atoms with Gasteiger partial charge in [-0.1, -0.05) is 26.1 Å². The van der Waals surface area contributed by atoms with Crippen LogP contribution in [0.4, 0.5) is 5.82 Å². The minimum Gasteiger partial charge on any atom is -0.389 e. The molecule has 0 spiro atoms. The molecule has 0 aliphatic carbocycles. The van der Waals surface area contributed by atoms with Crippen LogP contribution in [0.15, 0.2) is 0 Å². The maximum Gasteiger partial charge on any atom is 0.161 e. The largest absolute Gasteiger partial charge is 0.389 e. The van der Waals surface area contributed by atoms with E-state index >= 15 is 0 Å². The molecule has 0 bridgehead atoms. The summed E-state index contributed by atoms with van der Waals surface area (Å²) in [7, 11) is 2.05. The van der Waals surface area contributed by atoms with Crippen molar-refractivity contribution in [3.05, 3.63) is 16.8 Å². The molecule has 0 amide bonds. The zero-order valence-corrected chi connectivity index (χ0v) is 13.9. The normalized spacial score (nSPS) is 16.0. The first kappa shape index (κ1) is 16.1. The van der Waals surface area contributed by atoms with E-state index in [4.69, 9.17) is 22.7 Å². The highest BCUT2D eigenvalue weighted by Gasteiger charge is 2.25. The average Bonchev–Trinajstić information content (AvgIpc) is 2.53. The third-order valence-electron chi connectivity index (χ3n) is 4.15. The third-order valence-corrected chi connectivity index (χ3v) is 4.35. The van der Waals surface area contributed by atoms with Crippen LogP contribution in [0.3, 0.4) is 0 Å². The number of aryl methyl sites for hydroxylation is 1. The average molecular weight is 308 g/mol. The summed E-state index contributed by atoms with van der Waals surface area (Å²) in [4.78, 5) is 2.58. The molecular weight excluding hydrogens is 284 g/mol. The van der Waals surface area contributed by atoms with Crippen molar-refractivity contribution in [1.29, 1.82) is 0 Å². The van der Waals surface area contributed by atoms with E-state index in [9.17, 15) is 0 Å². The lowest BCUT2D eigenvalue weighted by atomic mass is 10.0. The van der Waals surface area contributed by atoms with Gasteiger partial charge in [0.05, 0.1) is 11.3 Å². The van der Waals surface area contributed by atoms with Crippen LogP contribution in [-0.2, 0) is 17.6 Å². The molecule has 1 aromatic rings. The van der Waals surface area contributed by atoms with E-state index < -0.39 is 0 Å². The number of anilines is 1. The number of nitrogens with zero attached hydrogens (tertiary/aromatic N) is 3. The molecule has 0 radical (unpaired) electrons. The van der Waals surface area contributed by atoms with Crippen molar-refractivity contribution in [1.82, 2.24) is 10.2 Å². The first-order chi connectivity index (χ1) is 10.1. The highest BCUT2D eigenvalue weighted by Crippen LogP contribution is 2.27. The van der Waals surface area contributed by atoms with Crippen LogP contribution in [-0.4, -0.2) is 41.5 Å². The molecule has 0 atom stereocenters. The first-order valence-electron chi connectivity index (χ1n) is 7.58. The second kappa shape index (κ2) is 7.13. The summed E-state index contributed by atoms with van der Waals surface area (Å²) in [5, 5.41) is 8.81. The van der Waals surface area contributed by atoms with Gasteiger partial charge in [-0.15, -0.1) is 5.10 Å². The van der Waals surface area contributed by atoms with Crippen LogP contribution in [0.25, 0.3) is 0 Å². The predicted octanol–water partition coefficient (Wildman–Crippen LogP) is 1.85. The van der Waals surface area contributed by atoms with E-state index in [1.165, 1.54) is 0 Å². The van der Waals surface area contributed by atoms with Gasteiger partial charge in [-0.3, -0.25) is 0 Å². The van der Waals surface area contributed by atoms with E-state index in [2.05, 4.69) is 28.9 Å². The second-order valence-electron chi connectivity index (χ2n) is 5.35. The summed E-state index contributed by atoms with van der Waals surface area (Å²) in [6, 6.07) is 0.401. The van der Waals surface area contributed by atoms with Gasteiger partial charge in [0.2, 0.25) is 0 Å². The number of thiocarbonyl (C=S) groups is 1. The van der Waals surface area contributed by atoms with Gasteiger partial charge >= 0.3 is 0 Å². The molecule has 2 heterocycles. The fourth-order valence-corrected chi connectivity index (χ4v) is 3.13. The van der Waals surface area contributed by atoms with E-state index in [0.717, 1.165) is 61.5 Å². The van der Waals surface area contributed by atoms with Crippen LogP contribution in [0.5, 0.6) is 0 Å². The number of aromatic nitrogens is 2. The van der Waals surface area contributed by atoms with Crippen molar-refractivity contribution < 1.29 is 4.74 Å². The standard InChI is InChI=1S/C15H24N4OS/c1-4-11-12(5-2)17-18-15(13(11)14(16)21)19(3)10-6-8-20-9-7-10/h10H,4-9H2,1-3H3,(H2,16,21). The molecule has 0 saturated carbocycles. The van der Waals surface area contributed by atoms with Crippen molar-refractivity contribution in [2.24, 2.45) is 5.73 Å². The molecule has 116 valence electrons. The summed E-state index contributed by atoms with van der Waals surface area (Å²) in [5.41, 5.74) is 9.01. The molecule has 1 fully saturated rings. The van der Waals surface area contributed by atoms with Crippen LogP contribution in [0.2, 0.25) is 0 Å². The number of rotatable bonds is 5. The maximum absolute atomic E-state index is 5.99. The van der Waals surface area contributed by atoms with Gasteiger partial charge < -0.3 is 15.4 Å². The van der Waals surface area contributed by atoms with Crippen molar-refractivity contribution in [2.75, 3.05) is 25.2 Å². The highest BCUT2D eigenvalue weighted by atomic mass is 32.1. The fourth-order valence-electron chi connectivity index (χ4n) is 2.91. The molecule has 1 aliphatic rings. The van der Waals surface area contributed by atoms with Gasteiger partial charge in [-0.25, -0.2) is 0 Å². The Morgan fingerprint density at radius 2 is 1.95 bits per heavy atom. The highest BCUT2D eigenvalue weighted by molar-refractivity contribution is 7.80. The van der Waals surface area contributed by atoms with Gasteiger partial charge in [-0.2, -0.15) is 5.10 Å². The van der Waals surface area contributed by atoms with Gasteiger partial charge in [0.1, 0.15) is 4.99 Å². The SMILES string of the molecule is CCc1nnc(N(C)C2CCOCC2)c(C(N)=S)c1CC. The Hall–Kier alpha value is -1.27. The van der Waals surface area contributed by atoms with Crippen molar-refractivity contribution in [3.8, 4) is 0 Å².